The van der Waals surface area contributed by atoms with Gasteiger partial charge in [0.25, 0.3) is 0 Å². The zero-order valence-electron chi connectivity index (χ0n) is 18.3. The lowest BCUT2D eigenvalue weighted by atomic mass is 10.1. The lowest BCUT2D eigenvalue weighted by molar-refractivity contribution is -0.123. The molecule has 0 aliphatic carbocycles. The molecule has 0 aliphatic heterocycles. The predicted octanol–water partition coefficient (Wildman–Crippen LogP) is 2.49. The van der Waals surface area contributed by atoms with Crippen LogP contribution in [0.2, 0.25) is 0 Å². The normalized spacial score (nSPS) is 10.3. The van der Waals surface area contributed by atoms with Crippen LogP contribution in [0.25, 0.3) is 0 Å². The largest absolute Gasteiger partial charge is 0.368 e. The van der Waals surface area contributed by atoms with Gasteiger partial charge in [0.05, 0.1) is 16.8 Å². The fraction of sp³-hybridized carbons (Fsp3) is 0.350. The summed E-state index contributed by atoms with van der Waals surface area (Å²) in [6, 6.07) is 7.17. The van der Waals surface area contributed by atoms with Gasteiger partial charge in [-0.2, -0.15) is 0 Å². The average Bonchev–Trinajstić information content (AvgIpc) is 2.66. The lowest BCUT2D eigenvalue weighted by Crippen LogP contribution is -2.50. The van der Waals surface area contributed by atoms with Crippen molar-refractivity contribution >= 4 is 62.4 Å². The van der Waals surface area contributed by atoms with E-state index in [0.717, 1.165) is 14.6 Å². The number of amides is 2. The Hall–Kier alpha value is -1.92. The van der Waals surface area contributed by atoms with E-state index in [1.807, 2.05) is 12.1 Å². The van der Waals surface area contributed by atoms with Gasteiger partial charge in [0.15, 0.2) is 6.29 Å². The molecule has 0 spiro atoms. The van der Waals surface area contributed by atoms with Crippen molar-refractivity contribution in [2.75, 3.05) is 0 Å². The number of aldehydes is 1. The van der Waals surface area contributed by atoms with Crippen LogP contribution in [0.15, 0.2) is 45.6 Å². The van der Waals surface area contributed by atoms with Gasteiger partial charge in [0, 0.05) is 27.9 Å². The minimum Gasteiger partial charge on any atom is -0.368 e. The van der Waals surface area contributed by atoms with Crippen LogP contribution in [0.5, 0.6) is 0 Å². The number of hydrogen-bond acceptors (Lipinski definition) is 7. The second-order valence-corrected chi connectivity index (χ2v) is 9.24. The maximum atomic E-state index is 11.0. The van der Waals surface area contributed by atoms with E-state index in [-0.39, 0.29) is 18.3 Å². The number of aromatic nitrogens is 2. The molecule has 2 amide bonds. The summed E-state index contributed by atoms with van der Waals surface area (Å²) < 4.78 is 1.84. The molecule has 0 aromatic carbocycles. The molecule has 0 saturated heterocycles. The number of carbonyl (C=O) groups is 3. The molecule has 0 bridgehead atoms. The van der Waals surface area contributed by atoms with Gasteiger partial charge in [-0.1, -0.05) is 31.9 Å². The third-order valence-corrected chi connectivity index (χ3v) is 4.59. The van der Waals surface area contributed by atoms with Crippen LogP contribution in [-0.4, -0.2) is 39.1 Å². The molecule has 2 rings (SSSR count). The third kappa shape index (κ3) is 14.2. The second kappa shape index (κ2) is 15.0. The number of carbonyl (C=O) groups excluding carboxylic acids is 3. The van der Waals surface area contributed by atoms with Gasteiger partial charge in [-0.15, -0.1) is 12.4 Å². The highest BCUT2D eigenvalue weighted by atomic mass is 79.9. The number of pyridine rings is 2. The summed E-state index contributed by atoms with van der Waals surface area (Å²) in [7, 11) is 0. The lowest BCUT2D eigenvalue weighted by Gasteiger charge is -2.21. The molecule has 0 radical (unpaired) electrons. The number of rotatable bonds is 6. The van der Waals surface area contributed by atoms with Gasteiger partial charge < -0.3 is 17.2 Å². The van der Waals surface area contributed by atoms with Crippen molar-refractivity contribution in [3.63, 3.8) is 0 Å². The van der Waals surface area contributed by atoms with Crippen LogP contribution in [0, 0.1) is 0 Å². The molecular formula is C20H29Br2ClN6O3. The van der Waals surface area contributed by atoms with Crippen LogP contribution in [0.3, 0.4) is 0 Å². The summed E-state index contributed by atoms with van der Waals surface area (Å²) in [6.07, 6.45) is 4.00. The van der Waals surface area contributed by atoms with E-state index < -0.39 is 17.0 Å². The summed E-state index contributed by atoms with van der Waals surface area (Å²) in [5, 5.41) is 3.04. The summed E-state index contributed by atoms with van der Waals surface area (Å²) in [5.41, 5.74) is 15.0. The molecule has 2 aromatic rings. The minimum absolute atomic E-state index is 0. The van der Waals surface area contributed by atoms with Crippen molar-refractivity contribution in [1.29, 1.82) is 0 Å². The summed E-state index contributed by atoms with van der Waals surface area (Å²) >= 11 is 6.56. The summed E-state index contributed by atoms with van der Waals surface area (Å²) in [4.78, 5) is 39.2. The van der Waals surface area contributed by atoms with E-state index in [1.165, 1.54) is 0 Å². The van der Waals surface area contributed by atoms with Gasteiger partial charge in [-0.25, -0.2) is 0 Å². The van der Waals surface area contributed by atoms with Crippen LogP contribution in [0.1, 0.15) is 43.9 Å². The second-order valence-electron chi connectivity index (χ2n) is 7.41. The molecule has 32 heavy (non-hydrogen) atoms. The standard InChI is InChI=1S/C10H14BrN3O.C6H4BrNO.C4H10N2O.ClH/c1-10(2,9(12)15)14-6-8-5-7(11)3-4-13-8;7-5-1-2-8-6(3-5)4-9;1-4(2,6)3(5)7;/h3-5,14H,6H2,1-2H3,(H2,12,15);1-4H;6H2,1-2H3,(H2,5,7);1H. The van der Waals surface area contributed by atoms with Gasteiger partial charge in [-0.3, -0.25) is 29.7 Å². The molecule has 0 atom stereocenters. The van der Waals surface area contributed by atoms with E-state index in [1.54, 1.807) is 52.2 Å². The first-order chi connectivity index (χ1) is 14.2. The first kappa shape index (κ1) is 32.3. The van der Waals surface area contributed by atoms with Crippen LogP contribution in [0.4, 0.5) is 0 Å². The summed E-state index contributed by atoms with van der Waals surface area (Å²) in [5.74, 6) is -0.856. The van der Waals surface area contributed by atoms with E-state index >= 15 is 0 Å². The fourth-order valence-electron chi connectivity index (χ4n) is 1.43. The molecular weight excluding hydrogens is 568 g/mol. The molecule has 9 nitrogen and oxygen atoms in total. The van der Waals surface area contributed by atoms with Crippen LogP contribution >= 0.6 is 44.3 Å². The number of hydrogen-bond donors (Lipinski definition) is 4. The SMILES string of the molecule is CC(C)(N)C(N)=O.CC(C)(NCc1cc(Br)ccn1)C(N)=O.Cl.O=Cc1cc(Br)ccn1. The quantitative estimate of drug-likeness (QED) is 0.372. The Morgan fingerprint density at radius 1 is 1.00 bits per heavy atom. The fourth-order valence-corrected chi connectivity index (χ4v) is 2.16. The average molecular weight is 597 g/mol. The van der Waals surface area contributed by atoms with Crippen molar-refractivity contribution < 1.29 is 14.4 Å². The highest BCUT2D eigenvalue weighted by Crippen LogP contribution is 2.10. The molecule has 0 unspecified atom stereocenters. The number of nitrogens with two attached hydrogens (primary N) is 3. The van der Waals surface area contributed by atoms with E-state index in [9.17, 15) is 14.4 Å². The van der Waals surface area contributed by atoms with Crippen LogP contribution in [-0.2, 0) is 16.1 Å². The zero-order valence-corrected chi connectivity index (χ0v) is 22.3. The molecule has 178 valence electrons. The topological polar surface area (TPSA) is 167 Å². The Balaban J connectivity index is 0. The minimum atomic E-state index is -0.861. The smallest absolute Gasteiger partial charge is 0.237 e. The molecule has 0 saturated carbocycles. The first-order valence-corrected chi connectivity index (χ1v) is 10.6. The third-order valence-electron chi connectivity index (χ3n) is 3.60. The van der Waals surface area contributed by atoms with Gasteiger partial charge >= 0.3 is 0 Å². The molecule has 12 heteroatoms. The van der Waals surface area contributed by atoms with Crippen molar-refractivity contribution in [1.82, 2.24) is 15.3 Å². The Labute approximate surface area is 211 Å². The van der Waals surface area contributed by atoms with E-state index in [4.69, 9.17) is 17.2 Å². The Bertz CT molecular complexity index is 892. The molecule has 2 heterocycles. The van der Waals surface area contributed by atoms with E-state index in [0.29, 0.717) is 18.5 Å². The highest BCUT2D eigenvalue weighted by molar-refractivity contribution is 9.10. The zero-order chi connectivity index (χ0) is 24.2. The highest BCUT2D eigenvalue weighted by Gasteiger charge is 2.23. The first-order valence-electron chi connectivity index (χ1n) is 9.00. The van der Waals surface area contributed by atoms with Crippen molar-refractivity contribution in [3.8, 4) is 0 Å². The summed E-state index contributed by atoms with van der Waals surface area (Å²) in [6.45, 7) is 7.13. The van der Waals surface area contributed by atoms with Gasteiger partial charge in [0.1, 0.15) is 5.69 Å². The van der Waals surface area contributed by atoms with Gasteiger partial charge in [0.2, 0.25) is 11.8 Å². The van der Waals surface area contributed by atoms with E-state index in [2.05, 4.69) is 47.1 Å². The number of nitrogens with one attached hydrogen (secondary N) is 1. The number of nitrogens with zero attached hydrogens (tertiary/aromatic N) is 2. The van der Waals surface area contributed by atoms with Crippen molar-refractivity contribution in [2.24, 2.45) is 17.2 Å². The molecule has 0 fully saturated rings. The van der Waals surface area contributed by atoms with Crippen molar-refractivity contribution in [3.05, 3.63) is 57.0 Å². The maximum absolute atomic E-state index is 11.0. The van der Waals surface area contributed by atoms with Crippen LogP contribution < -0.4 is 22.5 Å². The maximum Gasteiger partial charge on any atom is 0.237 e. The van der Waals surface area contributed by atoms with Gasteiger partial charge in [-0.05, 0) is 52.0 Å². The Morgan fingerprint density at radius 2 is 1.47 bits per heavy atom. The molecule has 7 N–H and O–H groups in total. The molecule has 0 aliphatic rings. The van der Waals surface area contributed by atoms with Crippen molar-refractivity contribution in [2.45, 2.75) is 45.3 Å². The Morgan fingerprint density at radius 3 is 1.81 bits per heavy atom. The number of primary amides is 2. The Kier molecular flexibility index (Phi) is 15.1. The number of halogens is 3. The molecule has 2 aromatic heterocycles. The predicted molar refractivity (Wildman–Crippen MR) is 134 cm³/mol. The monoisotopic (exact) mass is 594 g/mol.